The highest BCUT2D eigenvalue weighted by atomic mass is 35.5. The third kappa shape index (κ3) is 3.30. The minimum Gasteiger partial charge on any atom is -0.285 e. The maximum Gasteiger partial charge on any atom is 0.230 e. The number of aryl methyl sites for hydroxylation is 2. The van der Waals surface area contributed by atoms with Crippen LogP contribution in [0.15, 0.2) is 58.5 Å². The zero-order chi connectivity index (χ0) is 16.4. The average molecular weight is 344 g/mol. The predicted molar refractivity (Wildman–Crippen MR) is 91.2 cm³/mol. The fraction of sp³-hybridized carbons (Fsp3) is 0.118. The summed E-state index contributed by atoms with van der Waals surface area (Å²) >= 11 is 7.43. The quantitative estimate of drug-likeness (QED) is 0.667. The number of nitrogens with zero attached hydrogens (tertiary/aromatic N) is 3. The molecule has 0 saturated heterocycles. The summed E-state index contributed by atoms with van der Waals surface area (Å²) in [5, 5.41) is 5.07. The van der Waals surface area contributed by atoms with Crippen molar-refractivity contribution in [3.05, 3.63) is 70.8 Å². The molecule has 2 aromatic heterocycles. The van der Waals surface area contributed by atoms with Crippen molar-refractivity contribution in [1.82, 2.24) is 14.8 Å². The van der Waals surface area contributed by atoms with Gasteiger partial charge in [-0.15, -0.1) is 0 Å². The molecule has 0 spiro atoms. The Morgan fingerprint density at radius 3 is 2.57 bits per heavy atom. The molecule has 3 rings (SSSR count). The SMILES string of the molecule is Cc1nn(C)c(C(=O)c2ccccn2)c1Sc1ccc(Cl)cc1. The van der Waals surface area contributed by atoms with E-state index in [1.807, 2.05) is 31.2 Å². The number of aromatic nitrogens is 3. The van der Waals surface area contributed by atoms with Crippen LogP contribution in [0.25, 0.3) is 0 Å². The van der Waals surface area contributed by atoms with Crippen LogP contribution in [-0.2, 0) is 7.05 Å². The Labute approximate surface area is 143 Å². The Morgan fingerprint density at radius 1 is 1.17 bits per heavy atom. The fourth-order valence-corrected chi connectivity index (χ4v) is 3.39. The van der Waals surface area contributed by atoms with E-state index in [0.29, 0.717) is 16.4 Å². The van der Waals surface area contributed by atoms with Crippen molar-refractivity contribution < 1.29 is 4.79 Å². The van der Waals surface area contributed by atoms with E-state index >= 15 is 0 Å². The van der Waals surface area contributed by atoms with Crippen LogP contribution in [0.2, 0.25) is 5.02 Å². The van der Waals surface area contributed by atoms with Gasteiger partial charge < -0.3 is 0 Å². The summed E-state index contributed by atoms with van der Waals surface area (Å²) in [6.45, 7) is 1.90. The van der Waals surface area contributed by atoms with Crippen LogP contribution in [0.3, 0.4) is 0 Å². The van der Waals surface area contributed by atoms with Crippen LogP contribution >= 0.6 is 23.4 Å². The normalized spacial score (nSPS) is 10.7. The molecule has 23 heavy (non-hydrogen) atoms. The first-order valence-electron chi connectivity index (χ1n) is 6.99. The number of benzene rings is 1. The molecule has 0 aliphatic rings. The van der Waals surface area contributed by atoms with Gasteiger partial charge in [0.25, 0.3) is 0 Å². The van der Waals surface area contributed by atoms with E-state index in [1.165, 1.54) is 11.8 Å². The van der Waals surface area contributed by atoms with E-state index in [2.05, 4.69) is 10.1 Å². The highest BCUT2D eigenvalue weighted by Crippen LogP contribution is 2.34. The van der Waals surface area contributed by atoms with Crippen LogP contribution < -0.4 is 0 Å². The van der Waals surface area contributed by atoms with Crippen LogP contribution in [0.1, 0.15) is 21.9 Å². The minimum absolute atomic E-state index is 0.134. The van der Waals surface area contributed by atoms with E-state index < -0.39 is 0 Å². The third-order valence-electron chi connectivity index (χ3n) is 3.31. The Balaban J connectivity index is 2.01. The number of rotatable bonds is 4. The molecular weight excluding hydrogens is 330 g/mol. The number of ketones is 1. The van der Waals surface area contributed by atoms with Crippen molar-refractivity contribution in [2.45, 2.75) is 16.7 Å². The highest BCUT2D eigenvalue weighted by molar-refractivity contribution is 7.99. The molecule has 0 N–H and O–H groups in total. The van der Waals surface area contributed by atoms with Gasteiger partial charge in [-0.25, -0.2) is 0 Å². The molecule has 0 saturated carbocycles. The van der Waals surface area contributed by atoms with E-state index in [0.717, 1.165) is 15.5 Å². The van der Waals surface area contributed by atoms with Crippen molar-refractivity contribution in [1.29, 1.82) is 0 Å². The van der Waals surface area contributed by atoms with E-state index in [9.17, 15) is 4.79 Å². The van der Waals surface area contributed by atoms with Crippen molar-refractivity contribution >= 4 is 29.1 Å². The Morgan fingerprint density at radius 2 is 1.91 bits per heavy atom. The standard InChI is InChI=1S/C17H14ClN3OS/c1-11-17(23-13-8-6-12(18)7-9-13)15(21(2)20-11)16(22)14-5-3-4-10-19-14/h3-10H,1-2H3. The summed E-state index contributed by atoms with van der Waals surface area (Å²) in [6.07, 6.45) is 1.61. The zero-order valence-corrected chi connectivity index (χ0v) is 14.2. The summed E-state index contributed by atoms with van der Waals surface area (Å²) in [5.41, 5.74) is 1.77. The second-order valence-corrected chi connectivity index (χ2v) is 6.51. The number of carbonyl (C=O) groups excluding carboxylic acids is 1. The smallest absolute Gasteiger partial charge is 0.230 e. The number of hydrogen-bond donors (Lipinski definition) is 0. The maximum absolute atomic E-state index is 12.8. The topological polar surface area (TPSA) is 47.8 Å². The molecule has 0 atom stereocenters. The molecule has 116 valence electrons. The third-order valence-corrected chi connectivity index (χ3v) is 4.77. The van der Waals surface area contributed by atoms with E-state index in [4.69, 9.17) is 11.6 Å². The van der Waals surface area contributed by atoms with Gasteiger partial charge in [-0.1, -0.05) is 29.4 Å². The summed E-state index contributed by atoms with van der Waals surface area (Å²) < 4.78 is 1.62. The molecule has 0 radical (unpaired) electrons. The molecule has 0 unspecified atom stereocenters. The number of carbonyl (C=O) groups is 1. The van der Waals surface area contributed by atoms with Crippen LogP contribution in [0, 0.1) is 6.92 Å². The molecule has 1 aromatic carbocycles. The monoisotopic (exact) mass is 343 g/mol. The first-order chi connectivity index (χ1) is 11.1. The summed E-state index contributed by atoms with van der Waals surface area (Å²) in [5.74, 6) is -0.134. The summed E-state index contributed by atoms with van der Waals surface area (Å²) in [6, 6.07) is 12.8. The molecule has 0 aliphatic heterocycles. The van der Waals surface area contributed by atoms with Gasteiger partial charge >= 0.3 is 0 Å². The summed E-state index contributed by atoms with van der Waals surface area (Å²) in [7, 11) is 1.77. The maximum atomic E-state index is 12.8. The Kier molecular flexibility index (Phi) is 4.50. The lowest BCUT2D eigenvalue weighted by Gasteiger charge is -2.06. The lowest BCUT2D eigenvalue weighted by atomic mass is 10.2. The zero-order valence-electron chi connectivity index (χ0n) is 12.7. The lowest BCUT2D eigenvalue weighted by Crippen LogP contribution is -2.10. The lowest BCUT2D eigenvalue weighted by molar-refractivity contribution is 0.102. The van der Waals surface area contributed by atoms with Crippen LogP contribution in [0.4, 0.5) is 0 Å². The molecule has 0 aliphatic carbocycles. The number of halogens is 1. The summed E-state index contributed by atoms with van der Waals surface area (Å²) in [4.78, 5) is 18.8. The first kappa shape index (κ1) is 15.8. The van der Waals surface area contributed by atoms with Gasteiger partial charge in [0.15, 0.2) is 0 Å². The molecule has 0 amide bonds. The molecule has 0 fully saturated rings. The van der Waals surface area contributed by atoms with Gasteiger partial charge in [0.05, 0.1) is 10.6 Å². The number of hydrogen-bond acceptors (Lipinski definition) is 4. The van der Waals surface area contributed by atoms with Gasteiger partial charge in [0.1, 0.15) is 11.4 Å². The van der Waals surface area contributed by atoms with E-state index in [1.54, 1.807) is 36.1 Å². The van der Waals surface area contributed by atoms with Crippen molar-refractivity contribution in [3.63, 3.8) is 0 Å². The largest absolute Gasteiger partial charge is 0.285 e. The van der Waals surface area contributed by atoms with Crippen molar-refractivity contribution in [2.24, 2.45) is 7.05 Å². The van der Waals surface area contributed by atoms with Gasteiger partial charge in [0.2, 0.25) is 5.78 Å². The predicted octanol–water partition coefficient (Wildman–Crippen LogP) is 4.16. The van der Waals surface area contributed by atoms with Crippen LogP contribution in [0.5, 0.6) is 0 Å². The second-order valence-electron chi connectivity index (χ2n) is 4.99. The first-order valence-corrected chi connectivity index (χ1v) is 8.18. The minimum atomic E-state index is -0.134. The molecule has 4 nitrogen and oxygen atoms in total. The second kappa shape index (κ2) is 6.56. The fourth-order valence-electron chi connectivity index (χ4n) is 2.25. The van der Waals surface area contributed by atoms with Gasteiger partial charge in [-0.05, 0) is 43.3 Å². The molecule has 3 aromatic rings. The van der Waals surface area contributed by atoms with Crippen molar-refractivity contribution in [2.75, 3.05) is 0 Å². The molecule has 6 heteroatoms. The highest BCUT2D eigenvalue weighted by Gasteiger charge is 2.23. The Bertz CT molecular complexity index is 844. The average Bonchev–Trinajstić information content (AvgIpc) is 2.83. The molecule has 2 heterocycles. The Hall–Kier alpha value is -2.11. The van der Waals surface area contributed by atoms with Crippen LogP contribution in [-0.4, -0.2) is 20.5 Å². The molecule has 0 bridgehead atoms. The van der Waals surface area contributed by atoms with Crippen molar-refractivity contribution in [3.8, 4) is 0 Å². The molecular formula is C17H14ClN3OS. The van der Waals surface area contributed by atoms with Gasteiger partial charge in [-0.2, -0.15) is 5.10 Å². The van der Waals surface area contributed by atoms with Gasteiger partial charge in [-0.3, -0.25) is 14.5 Å². The van der Waals surface area contributed by atoms with E-state index in [-0.39, 0.29) is 5.78 Å². The van der Waals surface area contributed by atoms with Gasteiger partial charge in [0, 0.05) is 23.2 Å². The number of pyridine rings is 1.